The molecule has 6 nitrogen and oxygen atoms in total. The molecule has 0 bridgehead atoms. The third-order valence-electron chi connectivity index (χ3n) is 2.68. The minimum Gasteiger partial charge on any atom is -0.469 e. The molecule has 0 spiro atoms. The summed E-state index contributed by atoms with van der Waals surface area (Å²) in [5.74, 6) is -0.236. The summed E-state index contributed by atoms with van der Waals surface area (Å²) in [7, 11) is 3.02. The Balaban J connectivity index is 2.60. The van der Waals surface area contributed by atoms with Gasteiger partial charge >= 0.3 is 5.97 Å². The van der Waals surface area contributed by atoms with Gasteiger partial charge in [0, 0.05) is 32.0 Å². The highest BCUT2D eigenvalue weighted by atomic mass is 32.1. The number of hydrogen-bond acceptors (Lipinski definition) is 7. The highest BCUT2D eigenvalue weighted by molar-refractivity contribution is 7.13. The van der Waals surface area contributed by atoms with Crippen molar-refractivity contribution in [3.8, 4) is 6.07 Å². The molecule has 1 rings (SSSR count). The Kier molecular flexibility index (Phi) is 7.62. The van der Waals surface area contributed by atoms with Crippen molar-refractivity contribution < 1.29 is 14.3 Å². The Labute approximate surface area is 122 Å². The van der Waals surface area contributed by atoms with Crippen molar-refractivity contribution in [3.63, 3.8) is 0 Å². The summed E-state index contributed by atoms with van der Waals surface area (Å²) in [6.07, 6.45) is 1.34. The zero-order chi connectivity index (χ0) is 14.8. The van der Waals surface area contributed by atoms with E-state index in [1.165, 1.54) is 18.4 Å². The zero-order valence-electron chi connectivity index (χ0n) is 11.8. The van der Waals surface area contributed by atoms with Crippen molar-refractivity contribution >= 4 is 22.4 Å². The van der Waals surface area contributed by atoms with Crippen LogP contribution in [0.15, 0.2) is 5.38 Å². The van der Waals surface area contributed by atoms with Gasteiger partial charge in [-0.3, -0.25) is 4.79 Å². The molecule has 0 N–H and O–H groups in total. The van der Waals surface area contributed by atoms with E-state index in [1.54, 1.807) is 7.11 Å². The number of carbonyl (C=O) groups excluding carboxylic acids is 1. The van der Waals surface area contributed by atoms with Crippen molar-refractivity contribution in [2.45, 2.75) is 19.3 Å². The lowest BCUT2D eigenvalue weighted by atomic mass is 10.2. The lowest BCUT2D eigenvalue weighted by Gasteiger charge is -2.19. The van der Waals surface area contributed by atoms with Gasteiger partial charge < -0.3 is 14.4 Å². The van der Waals surface area contributed by atoms with Crippen LogP contribution in [-0.4, -0.2) is 44.9 Å². The fraction of sp³-hybridized carbons (Fsp3) is 0.615. The molecular weight excluding hydrogens is 278 g/mol. The van der Waals surface area contributed by atoms with Gasteiger partial charge in [-0.05, 0) is 0 Å². The summed E-state index contributed by atoms with van der Waals surface area (Å²) >= 11 is 1.52. The smallest absolute Gasteiger partial charge is 0.305 e. The van der Waals surface area contributed by atoms with Gasteiger partial charge in [0.2, 0.25) is 0 Å². The molecule has 20 heavy (non-hydrogen) atoms. The van der Waals surface area contributed by atoms with E-state index in [0.29, 0.717) is 39.0 Å². The van der Waals surface area contributed by atoms with Gasteiger partial charge in [-0.1, -0.05) is 0 Å². The average Bonchev–Trinajstić information content (AvgIpc) is 2.93. The zero-order valence-corrected chi connectivity index (χ0v) is 12.6. The SMILES string of the molecule is COCCN(CCC#N)c1nc(CCC(=O)OC)cs1. The normalized spacial score (nSPS) is 10.1. The topological polar surface area (TPSA) is 75.5 Å². The van der Waals surface area contributed by atoms with Crippen LogP contribution >= 0.6 is 11.3 Å². The van der Waals surface area contributed by atoms with E-state index >= 15 is 0 Å². The van der Waals surface area contributed by atoms with Crippen LogP contribution in [0.5, 0.6) is 0 Å². The lowest BCUT2D eigenvalue weighted by molar-refractivity contribution is -0.140. The monoisotopic (exact) mass is 297 g/mol. The number of methoxy groups -OCH3 is 2. The molecule has 110 valence electrons. The summed E-state index contributed by atoms with van der Waals surface area (Å²) < 4.78 is 9.67. The van der Waals surface area contributed by atoms with Gasteiger partial charge in [-0.2, -0.15) is 5.26 Å². The summed E-state index contributed by atoms with van der Waals surface area (Å²) in [4.78, 5) is 17.6. The average molecular weight is 297 g/mol. The molecule has 0 radical (unpaired) electrons. The van der Waals surface area contributed by atoms with Crippen LogP contribution in [-0.2, 0) is 20.7 Å². The maximum Gasteiger partial charge on any atom is 0.305 e. The van der Waals surface area contributed by atoms with Crippen molar-refractivity contribution in [2.24, 2.45) is 0 Å². The predicted octanol–water partition coefficient (Wildman–Crippen LogP) is 1.62. The molecule has 1 aromatic heterocycles. The van der Waals surface area contributed by atoms with Crippen molar-refractivity contribution in [1.82, 2.24) is 4.98 Å². The Morgan fingerprint density at radius 1 is 1.50 bits per heavy atom. The number of anilines is 1. The summed E-state index contributed by atoms with van der Waals surface area (Å²) in [5.41, 5.74) is 0.870. The predicted molar refractivity (Wildman–Crippen MR) is 76.8 cm³/mol. The number of esters is 1. The van der Waals surface area contributed by atoms with E-state index in [-0.39, 0.29) is 5.97 Å². The third-order valence-corrected chi connectivity index (χ3v) is 3.63. The van der Waals surface area contributed by atoms with Crippen molar-refractivity contribution in [2.75, 3.05) is 38.8 Å². The Morgan fingerprint density at radius 2 is 2.30 bits per heavy atom. The first kappa shape index (κ1) is 16.4. The molecule has 0 aliphatic rings. The molecule has 0 saturated heterocycles. The number of nitriles is 1. The van der Waals surface area contributed by atoms with Crippen LogP contribution in [0.2, 0.25) is 0 Å². The first-order valence-electron chi connectivity index (χ1n) is 6.33. The molecule has 0 aliphatic carbocycles. The highest BCUT2D eigenvalue weighted by Gasteiger charge is 2.12. The van der Waals surface area contributed by atoms with E-state index in [9.17, 15) is 4.79 Å². The number of nitrogens with zero attached hydrogens (tertiary/aromatic N) is 3. The fourth-order valence-corrected chi connectivity index (χ4v) is 2.49. The molecule has 0 amide bonds. The fourth-order valence-electron chi connectivity index (χ4n) is 1.58. The van der Waals surface area contributed by atoms with Crippen LogP contribution in [0.3, 0.4) is 0 Å². The maximum absolute atomic E-state index is 11.1. The number of thiazole rings is 1. The molecular formula is C13H19N3O3S. The minimum atomic E-state index is -0.236. The molecule has 1 heterocycles. The van der Waals surface area contributed by atoms with Crippen LogP contribution in [0.4, 0.5) is 5.13 Å². The first-order valence-corrected chi connectivity index (χ1v) is 7.21. The Bertz CT molecular complexity index is 456. The van der Waals surface area contributed by atoms with Gasteiger partial charge in [-0.25, -0.2) is 4.98 Å². The number of rotatable bonds is 9. The maximum atomic E-state index is 11.1. The Morgan fingerprint density at radius 3 is 2.95 bits per heavy atom. The van der Waals surface area contributed by atoms with Crippen LogP contribution in [0, 0.1) is 11.3 Å². The summed E-state index contributed by atoms with van der Waals surface area (Å²) in [5, 5.41) is 11.5. The number of ether oxygens (including phenoxy) is 2. The molecule has 0 atom stereocenters. The van der Waals surface area contributed by atoms with Gasteiger partial charge in [0.15, 0.2) is 5.13 Å². The van der Waals surface area contributed by atoms with E-state index in [0.717, 1.165) is 10.8 Å². The van der Waals surface area contributed by atoms with Crippen LogP contribution in [0.1, 0.15) is 18.5 Å². The Hall–Kier alpha value is -1.65. The second-order valence-corrected chi connectivity index (χ2v) is 4.92. The standard InChI is InChI=1S/C13H19N3O3S/c1-18-9-8-16(7-3-6-14)13-15-11(10-20-13)4-5-12(17)19-2/h10H,3-5,7-9H2,1-2H3. The molecule has 0 saturated carbocycles. The molecule has 7 heteroatoms. The van der Waals surface area contributed by atoms with Gasteiger partial charge in [0.1, 0.15) is 0 Å². The number of hydrogen-bond donors (Lipinski definition) is 0. The molecule has 0 aliphatic heterocycles. The minimum absolute atomic E-state index is 0.236. The first-order chi connectivity index (χ1) is 9.71. The van der Waals surface area contributed by atoms with Crippen LogP contribution < -0.4 is 4.90 Å². The van der Waals surface area contributed by atoms with E-state index < -0.39 is 0 Å². The van der Waals surface area contributed by atoms with Crippen molar-refractivity contribution in [3.05, 3.63) is 11.1 Å². The van der Waals surface area contributed by atoms with E-state index in [2.05, 4.69) is 15.8 Å². The lowest BCUT2D eigenvalue weighted by Crippen LogP contribution is -2.28. The second kappa shape index (κ2) is 9.28. The van der Waals surface area contributed by atoms with Crippen LogP contribution in [0.25, 0.3) is 0 Å². The largest absolute Gasteiger partial charge is 0.469 e. The quantitative estimate of drug-likeness (QED) is 0.645. The van der Waals surface area contributed by atoms with Gasteiger partial charge in [-0.15, -0.1) is 11.3 Å². The van der Waals surface area contributed by atoms with E-state index in [4.69, 9.17) is 10.00 Å². The number of carbonyl (C=O) groups is 1. The third kappa shape index (κ3) is 5.55. The molecule has 1 aromatic rings. The molecule has 0 fully saturated rings. The summed E-state index contributed by atoms with van der Waals surface area (Å²) in [6, 6.07) is 2.13. The number of aryl methyl sites for hydroxylation is 1. The molecule has 0 unspecified atom stereocenters. The second-order valence-electron chi connectivity index (χ2n) is 4.09. The van der Waals surface area contributed by atoms with E-state index in [1.807, 2.05) is 10.3 Å². The number of aromatic nitrogens is 1. The van der Waals surface area contributed by atoms with Crippen molar-refractivity contribution in [1.29, 1.82) is 5.26 Å². The highest BCUT2D eigenvalue weighted by Crippen LogP contribution is 2.21. The summed E-state index contributed by atoms with van der Waals surface area (Å²) in [6.45, 7) is 1.91. The molecule has 0 aromatic carbocycles. The van der Waals surface area contributed by atoms with Gasteiger partial charge in [0.25, 0.3) is 0 Å². The van der Waals surface area contributed by atoms with Gasteiger partial charge in [0.05, 0.1) is 38.3 Å².